The van der Waals surface area contributed by atoms with Crippen LogP contribution in [-0.2, 0) is 6.42 Å². The van der Waals surface area contributed by atoms with Crippen LogP contribution in [0.25, 0.3) is 11.4 Å². The summed E-state index contributed by atoms with van der Waals surface area (Å²) in [5, 5.41) is 0. The second-order valence-corrected chi connectivity index (χ2v) is 6.42. The fraction of sp³-hybridized carbons (Fsp3) is 0.375. The lowest BCUT2D eigenvalue weighted by Crippen LogP contribution is -2.05. The highest BCUT2D eigenvalue weighted by atomic mass is 127. The van der Waals surface area contributed by atoms with Crippen molar-refractivity contribution in [3.8, 4) is 11.4 Å². The topological polar surface area (TPSA) is 51.8 Å². The molecule has 0 bridgehead atoms. The van der Waals surface area contributed by atoms with Crippen LogP contribution in [0.4, 0.5) is 5.82 Å². The van der Waals surface area contributed by atoms with Crippen LogP contribution in [0, 0.1) is 3.57 Å². The zero-order valence-electron chi connectivity index (χ0n) is 11.6. The molecule has 0 radical (unpaired) electrons. The first kappa shape index (κ1) is 13.8. The van der Waals surface area contributed by atoms with Crippen molar-refractivity contribution in [2.45, 2.75) is 38.5 Å². The van der Waals surface area contributed by atoms with Gasteiger partial charge >= 0.3 is 0 Å². The fourth-order valence-corrected chi connectivity index (χ4v) is 2.90. The molecule has 3 rings (SSSR count). The molecule has 1 aromatic carbocycles. The molecule has 2 N–H and O–H groups in total. The Balaban J connectivity index is 2.02. The Hall–Kier alpha value is -1.17. The minimum absolute atomic E-state index is 0.593. The number of hydrogen-bond donors (Lipinski definition) is 1. The van der Waals surface area contributed by atoms with Gasteiger partial charge in [-0.15, -0.1) is 0 Å². The molecule has 1 saturated carbocycles. The maximum absolute atomic E-state index is 6.04. The third-order valence-corrected chi connectivity index (χ3v) is 4.80. The van der Waals surface area contributed by atoms with Gasteiger partial charge in [0, 0.05) is 5.56 Å². The monoisotopic (exact) mass is 379 g/mol. The van der Waals surface area contributed by atoms with Crippen LogP contribution >= 0.6 is 22.6 Å². The summed E-state index contributed by atoms with van der Waals surface area (Å²) in [6.45, 7) is 2.15. The van der Waals surface area contributed by atoms with Crippen molar-refractivity contribution in [2.24, 2.45) is 0 Å². The molecule has 1 aromatic heterocycles. The van der Waals surface area contributed by atoms with Gasteiger partial charge in [-0.25, -0.2) is 9.97 Å². The van der Waals surface area contributed by atoms with Crippen LogP contribution in [0.5, 0.6) is 0 Å². The van der Waals surface area contributed by atoms with E-state index in [2.05, 4.69) is 58.8 Å². The second kappa shape index (κ2) is 5.68. The number of aromatic nitrogens is 2. The van der Waals surface area contributed by atoms with E-state index in [4.69, 9.17) is 10.7 Å². The summed E-state index contributed by atoms with van der Waals surface area (Å²) in [6.07, 6.45) is 4.62. The predicted octanol–water partition coefficient (Wildman–Crippen LogP) is 4.16. The number of nitrogens with two attached hydrogens (primary N) is 1. The van der Waals surface area contributed by atoms with E-state index in [9.17, 15) is 0 Å². The molecule has 104 valence electrons. The highest BCUT2D eigenvalue weighted by molar-refractivity contribution is 14.1. The van der Waals surface area contributed by atoms with Crippen molar-refractivity contribution in [1.82, 2.24) is 9.97 Å². The Kier molecular flexibility index (Phi) is 3.92. The number of aryl methyl sites for hydroxylation is 1. The number of nitrogen functional groups attached to an aromatic ring is 1. The van der Waals surface area contributed by atoms with Gasteiger partial charge in [0.05, 0.1) is 9.26 Å². The SMILES string of the molecule is CCCc1nc(-c2cccc(C3CC3)c2)nc(N)c1I. The van der Waals surface area contributed by atoms with E-state index in [0.29, 0.717) is 5.82 Å². The lowest BCUT2D eigenvalue weighted by atomic mass is 10.1. The second-order valence-electron chi connectivity index (χ2n) is 5.34. The van der Waals surface area contributed by atoms with Gasteiger partial charge in [0.15, 0.2) is 5.82 Å². The largest absolute Gasteiger partial charge is 0.383 e. The number of halogens is 1. The maximum Gasteiger partial charge on any atom is 0.161 e. The third-order valence-electron chi connectivity index (χ3n) is 3.63. The minimum Gasteiger partial charge on any atom is -0.383 e. The van der Waals surface area contributed by atoms with Crippen molar-refractivity contribution >= 4 is 28.4 Å². The van der Waals surface area contributed by atoms with Gasteiger partial charge in [-0.05, 0) is 59.4 Å². The van der Waals surface area contributed by atoms with Crippen LogP contribution in [0.3, 0.4) is 0 Å². The highest BCUT2D eigenvalue weighted by Gasteiger charge is 2.23. The number of anilines is 1. The van der Waals surface area contributed by atoms with E-state index < -0.39 is 0 Å². The van der Waals surface area contributed by atoms with Gasteiger partial charge < -0.3 is 5.73 Å². The van der Waals surface area contributed by atoms with Gasteiger partial charge in [0.1, 0.15) is 5.82 Å². The number of rotatable bonds is 4. The summed E-state index contributed by atoms with van der Waals surface area (Å²) in [6, 6.07) is 8.59. The van der Waals surface area contributed by atoms with Gasteiger partial charge in [0.25, 0.3) is 0 Å². The van der Waals surface area contributed by atoms with Crippen molar-refractivity contribution in [3.05, 3.63) is 39.1 Å². The summed E-state index contributed by atoms with van der Waals surface area (Å²) >= 11 is 2.24. The van der Waals surface area contributed by atoms with Crippen molar-refractivity contribution < 1.29 is 0 Å². The van der Waals surface area contributed by atoms with Crippen molar-refractivity contribution in [3.63, 3.8) is 0 Å². The summed E-state index contributed by atoms with van der Waals surface area (Å²) in [5.41, 5.74) is 9.58. The zero-order valence-corrected chi connectivity index (χ0v) is 13.7. The highest BCUT2D eigenvalue weighted by Crippen LogP contribution is 2.40. The number of nitrogens with zero attached hydrogens (tertiary/aromatic N) is 2. The predicted molar refractivity (Wildman–Crippen MR) is 90.6 cm³/mol. The molecule has 0 atom stereocenters. The van der Waals surface area contributed by atoms with E-state index in [1.165, 1.54) is 18.4 Å². The Morgan fingerprint density at radius 1 is 1.30 bits per heavy atom. The number of benzene rings is 1. The molecule has 2 aromatic rings. The van der Waals surface area contributed by atoms with Crippen LogP contribution in [-0.4, -0.2) is 9.97 Å². The third kappa shape index (κ3) is 2.80. The first-order valence-electron chi connectivity index (χ1n) is 7.11. The molecule has 1 aliphatic rings. The summed E-state index contributed by atoms with van der Waals surface area (Å²) in [5.74, 6) is 2.09. The molecular weight excluding hydrogens is 361 g/mol. The first-order valence-corrected chi connectivity index (χ1v) is 8.19. The van der Waals surface area contributed by atoms with E-state index in [-0.39, 0.29) is 0 Å². The normalized spacial score (nSPS) is 14.5. The molecular formula is C16H18IN3. The molecule has 0 amide bonds. The molecule has 1 aliphatic carbocycles. The van der Waals surface area contributed by atoms with Crippen LogP contribution in [0.1, 0.15) is 43.4 Å². The van der Waals surface area contributed by atoms with E-state index in [1.807, 2.05) is 0 Å². The van der Waals surface area contributed by atoms with Crippen LogP contribution in [0.2, 0.25) is 0 Å². The van der Waals surface area contributed by atoms with Gasteiger partial charge in [-0.1, -0.05) is 31.5 Å². The Morgan fingerprint density at radius 2 is 2.10 bits per heavy atom. The molecule has 0 saturated heterocycles. The van der Waals surface area contributed by atoms with Gasteiger partial charge in [-0.3, -0.25) is 0 Å². The molecule has 0 unspecified atom stereocenters. The molecule has 0 spiro atoms. The molecule has 20 heavy (non-hydrogen) atoms. The average molecular weight is 379 g/mol. The average Bonchev–Trinajstić information content (AvgIpc) is 3.28. The molecule has 1 heterocycles. The van der Waals surface area contributed by atoms with Crippen LogP contribution in [0.15, 0.2) is 24.3 Å². The molecule has 0 aliphatic heterocycles. The van der Waals surface area contributed by atoms with E-state index >= 15 is 0 Å². The van der Waals surface area contributed by atoms with Gasteiger partial charge in [-0.2, -0.15) is 0 Å². The number of hydrogen-bond acceptors (Lipinski definition) is 3. The smallest absolute Gasteiger partial charge is 0.161 e. The Bertz CT molecular complexity index is 636. The summed E-state index contributed by atoms with van der Waals surface area (Å²) in [4.78, 5) is 9.18. The van der Waals surface area contributed by atoms with E-state index in [0.717, 1.165) is 39.4 Å². The minimum atomic E-state index is 0.593. The lowest BCUT2D eigenvalue weighted by Gasteiger charge is -2.09. The fourth-order valence-electron chi connectivity index (χ4n) is 2.39. The van der Waals surface area contributed by atoms with Crippen molar-refractivity contribution in [1.29, 1.82) is 0 Å². The Morgan fingerprint density at radius 3 is 2.80 bits per heavy atom. The lowest BCUT2D eigenvalue weighted by molar-refractivity contribution is 0.869. The molecule has 1 fully saturated rings. The van der Waals surface area contributed by atoms with Crippen molar-refractivity contribution in [2.75, 3.05) is 5.73 Å². The zero-order chi connectivity index (χ0) is 14.1. The molecule has 3 nitrogen and oxygen atoms in total. The van der Waals surface area contributed by atoms with E-state index in [1.54, 1.807) is 0 Å². The quantitative estimate of drug-likeness (QED) is 0.812. The summed E-state index contributed by atoms with van der Waals surface area (Å²) < 4.78 is 0.992. The van der Waals surface area contributed by atoms with Gasteiger partial charge in [0.2, 0.25) is 0 Å². The maximum atomic E-state index is 6.04. The van der Waals surface area contributed by atoms with Crippen LogP contribution < -0.4 is 5.73 Å². The molecule has 4 heteroatoms. The summed E-state index contributed by atoms with van der Waals surface area (Å²) in [7, 11) is 0. The first-order chi connectivity index (χ1) is 9.69. The Labute approximate surface area is 133 Å². The standard InChI is InChI=1S/C16H18IN3/c1-2-4-13-14(17)15(18)20-16(19-13)12-6-3-5-11(9-12)10-7-8-10/h3,5-6,9-10H,2,4,7-8H2,1H3,(H2,18,19,20).